The largest absolute Gasteiger partial charge is 0.372 e. The van der Waals surface area contributed by atoms with Gasteiger partial charge in [0, 0.05) is 7.11 Å². The van der Waals surface area contributed by atoms with Crippen LogP contribution >= 0.6 is 0 Å². The molecule has 0 aliphatic rings. The molecule has 1 aromatic carbocycles. The maximum absolute atomic E-state index is 13.3. The van der Waals surface area contributed by atoms with Crippen LogP contribution in [0.5, 0.6) is 0 Å². The second-order valence-electron chi connectivity index (χ2n) is 3.61. The van der Waals surface area contributed by atoms with Gasteiger partial charge < -0.3 is 10.1 Å². The fourth-order valence-electron chi connectivity index (χ4n) is 1.41. The minimum atomic E-state index is -0.542. The van der Waals surface area contributed by atoms with Crippen LogP contribution in [-0.2, 0) is 9.53 Å². The van der Waals surface area contributed by atoms with Crippen LogP contribution < -0.4 is 5.32 Å². The SMILES string of the molecule is CC[C@H](OC)C(=O)Nc1cc(C)ccc1F. The van der Waals surface area contributed by atoms with E-state index in [1.54, 1.807) is 12.1 Å². The summed E-state index contributed by atoms with van der Waals surface area (Å²) in [6, 6.07) is 4.58. The van der Waals surface area contributed by atoms with Gasteiger partial charge in [0.1, 0.15) is 11.9 Å². The number of nitrogens with one attached hydrogen (secondary N) is 1. The molecular formula is C12H16FNO2. The van der Waals surface area contributed by atoms with Gasteiger partial charge in [0.15, 0.2) is 0 Å². The van der Waals surface area contributed by atoms with Crippen molar-refractivity contribution < 1.29 is 13.9 Å². The molecule has 0 fully saturated rings. The Morgan fingerprint density at radius 3 is 2.81 bits per heavy atom. The maximum atomic E-state index is 13.3. The van der Waals surface area contributed by atoms with E-state index in [1.807, 2.05) is 13.8 Å². The third kappa shape index (κ3) is 3.03. The Morgan fingerprint density at radius 2 is 2.25 bits per heavy atom. The number of aryl methyl sites for hydroxylation is 1. The van der Waals surface area contributed by atoms with Crippen molar-refractivity contribution in [3.8, 4) is 0 Å². The van der Waals surface area contributed by atoms with Gasteiger partial charge in [-0.15, -0.1) is 0 Å². The lowest BCUT2D eigenvalue weighted by atomic mass is 10.2. The van der Waals surface area contributed by atoms with E-state index in [0.29, 0.717) is 6.42 Å². The van der Waals surface area contributed by atoms with Crippen molar-refractivity contribution in [2.45, 2.75) is 26.4 Å². The number of halogens is 1. The Hall–Kier alpha value is -1.42. The molecule has 1 aromatic rings. The Balaban J connectivity index is 2.80. The van der Waals surface area contributed by atoms with Crippen LogP contribution in [0.3, 0.4) is 0 Å². The second-order valence-corrected chi connectivity index (χ2v) is 3.61. The number of rotatable bonds is 4. The van der Waals surface area contributed by atoms with Gasteiger partial charge in [-0.05, 0) is 31.0 Å². The second kappa shape index (κ2) is 5.61. The van der Waals surface area contributed by atoms with Crippen molar-refractivity contribution >= 4 is 11.6 Å². The van der Waals surface area contributed by atoms with Gasteiger partial charge in [-0.25, -0.2) is 4.39 Å². The molecule has 1 rings (SSSR count). The predicted molar refractivity (Wildman–Crippen MR) is 60.9 cm³/mol. The number of carbonyl (C=O) groups is 1. The summed E-state index contributed by atoms with van der Waals surface area (Å²) >= 11 is 0. The molecule has 1 atom stereocenters. The van der Waals surface area contributed by atoms with Gasteiger partial charge in [0.05, 0.1) is 5.69 Å². The summed E-state index contributed by atoms with van der Waals surface area (Å²) < 4.78 is 18.3. The number of ether oxygens (including phenoxy) is 1. The quantitative estimate of drug-likeness (QED) is 0.855. The average molecular weight is 225 g/mol. The molecule has 0 saturated carbocycles. The summed E-state index contributed by atoms with van der Waals surface area (Å²) in [4.78, 5) is 11.6. The Bertz CT molecular complexity index is 375. The van der Waals surface area contributed by atoms with E-state index in [0.717, 1.165) is 5.56 Å². The zero-order chi connectivity index (χ0) is 12.1. The smallest absolute Gasteiger partial charge is 0.253 e. The number of methoxy groups -OCH3 is 1. The van der Waals surface area contributed by atoms with Crippen LogP contribution in [0.15, 0.2) is 18.2 Å². The molecule has 0 spiro atoms. The summed E-state index contributed by atoms with van der Waals surface area (Å²) in [5, 5.41) is 2.51. The van der Waals surface area contributed by atoms with E-state index in [-0.39, 0.29) is 11.6 Å². The van der Waals surface area contributed by atoms with E-state index < -0.39 is 11.9 Å². The first-order chi connectivity index (χ1) is 7.58. The lowest BCUT2D eigenvalue weighted by molar-refractivity contribution is -0.125. The number of amides is 1. The lowest BCUT2D eigenvalue weighted by Gasteiger charge is -2.13. The van der Waals surface area contributed by atoms with Crippen molar-refractivity contribution in [2.75, 3.05) is 12.4 Å². The monoisotopic (exact) mass is 225 g/mol. The van der Waals surface area contributed by atoms with Gasteiger partial charge in [0.25, 0.3) is 5.91 Å². The number of carbonyl (C=O) groups excluding carboxylic acids is 1. The van der Waals surface area contributed by atoms with E-state index in [1.165, 1.54) is 13.2 Å². The molecule has 0 radical (unpaired) electrons. The minimum absolute atomic E-state index is 0.195. The molecule has 0 bridgehead atoms. The Labute approximate surface area is 94.6 Å². The molecule has 0 saturated heterocycles. The molecule has 16 heavy (non-hydrogen) atoms. The van der Waals surface area contributed by atoms with Gasteiger partial charge in [-0.3, -0.25) is 4.79 Å². The fraction of sp³-hybridized carbons (Fsp3) is 0.417. The molecule has 0 aromatic heterocycles. The summed E-state index contributed by atoms with van der Waals surface area (Å²) in [5.41, 5.74) is 1.09. The third-order valence-corrected chi connectivity index (χ3v) is 2.33. The molecule has 0 unspecified atom stereocenters. The molecule has 0 heterocycles. The van der Waals surface area contributed by atoms with Crippen LogP contribution in [0.25, 0.3) is 0 Å². The first-order valence-electron chi connectivity index (χ1n) is 5.18. The Kier molecular flexibility index (Phi) is 4.43. The normalized spacial score (nSPS) is 12.2. The van der Waals surface area contributed by atoms with Crippen molar-refractivity contribution in [1.82, 2.24) is 0 Å². The fourth-order valence-corrected chi connectivity index (χ4v) is 1.41. The van der Waals surface area contributed by atoms with Crippen LogP contribution in [0, 0.1) is 12.7 Å². The lowest BCUT2D eigenvalue weighted by Crippen LogP contribution is -2.29. The Morgan fingerprint density at radius 1 is 1.56 bits per heavy atom. The highest BCUT2D eigenvalue weighted by Crippen LogP contribution is 2.16. The minimum Gasteiger partial charge on any atom is -0.372 e. The molecular weight excluding hydrogens is 209 g/mol. The van der Waals surface area contributed by atoms with E-state index in [4.69, 9.17) is 4.74 Å². The van der Waals surface area contributed by atoms with E-state index in [2.05, 4.69) is 5.32 Å². The number of hydrogen-bond acceptors (Lipinski definition) is 2. The van der Waals surface area contributed by atoms with Gasteiger partial charge in [-0.2, -0.15) is 0 Å². The zero-order valence-corrected chi connectivity index (χ0v) is 9.71. The molecule has 1 amide bonds. The highest BCUT2D eigenvalue weighted by atomic mass is 19.1. The predicted octanol–water partition coefficient (Wildman–Crippen LogP) is 2.50. The third-order valence-electron chi connectivity index (χ3n) is 2.33. The molecule has 4 heteroatoms. The van der Waals surface area contributed by atoms with Crippen molar-refractivity contribution in [2.24, 2.45) is 0 Å². The molecule has 3 nitrogen and oxygen atoms in total. The highest BCUT2D eigenvalue weighted by molar-refractivity contribution is 5.94. The standard InChI is InChI=1S/C12H16FNO2/c1-4-11(16-3)12(15)14-10-7-8(2)5-6-9(10)13/h5-7,11H,4H2,1-3H3,(H,14,15)/t11-/m0/s1. The van der Waals surface area contributed by atoms with Crippen molar-refractivity contribution in [1.29, 1.82) is 0 Å². The summed E-state index contributed by atoms with van der Waals surface area (Å²) in [7, 11) is 1.46. The maximum Gasteiger partial charge on any atom is 0.253 e. The van der Waals surface area contributed by atoms with Gasteiger partial charge in [0.2, 0.25) is 0 Å². The van der Waals surface area contributed by atoms with Crippen LogP contribution in [-0.4, -0.2) is 19.1 Å². The number of benzene rings is 1. The van der Waals surface area contributed by atoms with E-state index >= 15 is 0 Å². The summed E-state index contributed by atoms with van der Waals surface area (Å²) in [6.07, 6.45) is 0.00961. The van der Waals surface area contributed by atoms with E-state index in [9.17, 15) is 9.18 Å². The molecule has 1 N–H and O–H groups in total. The van der Waals surface area contributed by atoms with Crippen LogP contribution in [0.4, 0.5) is 10.1 Å². The van der Waals surface area contributed by atoms with Crippen LogP contribution in [0.2, 0.25) is 0 Å². The topological polar surface area (TPSA) is 38.3 Å². The van der Waals surface area contributed by atoms with Gasteiger partial charge >= 0.3 is 0 Å². The first kappa shape index (κ1) is 12.6. The summed E-state index contributed by atoms with van der Waals surface area (Å²) in [6.45, 7) is 3.67. The zero-order valence-electron chi connectivity index (χ0n) is 9.71. The average Bonchev–Trinajstić information content (AvgIpc) is 2.25. The molecule has 0 aliphatic heterocycles. The summed E-state index contributed by atoms with van der Waals surface area (Å²) in [5.74, 6) is -0.764. The highest BCUT2D eigenvalue weighted by Gasteiger charge is 2.16. The molecule has 88 valence electrons. The number of hydrogen-bond donors (Lipinski definition) is 1. The van der Waals surface area contributed by atoms with Crippen LogP contribution in [0.1, 0.15) is 18.9 Å². The van der Waals surface area contributed by atoms with Crippen molar-refractivity contribution in [3.05, 3.63) is 29.6 Å². The first-order valence-corrected chi connectivity index (χ1v) is 5.18. The molecule has 0 aliphatic carbocycles. The van der Waals surface area contributed by atoms with Gasteiger partial charge in [-0.1, -0.05) is 13.0 Å². The van der Waals surface area contributed by atoms with Crippen molar-refractivity contribution in [3.63, 3.8) is 0 Å². The number of anilines is 1.